The van der Waals surface area contributed by atoms with Crippen molar-refractivity contribution in [3.05, 3.63) is 64.7 Å². The van der Waals surface area contributed by atoms with Crippen molar-refractivity contribution in [2.45, 2.75) is 18.8 Å². The Balaban J connectivity index is 1.38. The highest BCUT2D eigenvalue weighted by atomic mass is 35.5. The van der Waals surface area contributed by atoms with Crippen LogP contribution in [0.3, 0.4) is 0 Å². The zero-order valence-electron chi connectivity index (χ0n) is 17.3. The van der Waals surface area contributed by atoms with Gasteiger partial charge in [0, 0.05) is 62.7 Å². The molecular formula is C23H24ClN5O2. The summed E-state index contributed by atoms with van der Waals surface area (Å²) in [7, 11) is 1.80. The van der Waals surface area contributed by atoms with Gasteiger partial charge in [0.2, 0.25) is 5.95 Å². The third-order valence-corrected chi connectivity index (χ3v) is 6.28. The van der Waals surface area contributed by atoms with E-state index in [9.17, 15) is 4.79 Å². The highest BCUT2D eigenvalue weighted by molar-refractivity contribution is 6.30. The van der Waals surface area contributed by atoms with E-state index >= 15 is 0 Å². The van der Waals surface area contributed by atoms with Crippen LogP contribution < -0.4 is 15.1 Å². The summed E-state index contributed by atoms with van der Waals surface area (Å²) in [6.07, 6.45) is 2.73. The number of ketones is 1. The normalized spacial score (nSPS) is 18.8. The van der Waals surface area contributed by atoms with E-state index in [2.05, 4.69) is 21.2 Å². The second kappa shape index (κ2) is 8.23. The molecule has 7 nitrogen and oxygen atoms in total. The number of halogens is 1. The molecule has 8 heteroatoms. The number of fused-ring (bicyclic) bond motifs is 1. The first-order valence-electron chi connectivity index (χ1n) is 10.5. The Bertz CT molecular complexity index is 1090. The summed E-state index contributed by atoms with van der Waals surface area (Å²) in [5, 5.41) is 3.85. The SMILES string of the molecule is CNc1nc(N2CCN(c3cccc(Cl)c3)CC2)nc2c1C(=O)CC(c1ccco1)C2. The number of carbonyl (C=O) groups excluding carboxylic acids is 1. The lowest BCUT2D eigenvalue weighted by atomic mass is 9.84. The Kier molecular flexibility index (Phi) is 5.28. The maximum atomic E-state index is 12.9. The Labute approximate surface area is 186 Å². The first-order chi connectivity index (χ1) is 15.1. The molecule has 0 spiro atoms. The largest absolute Gasteiger partial charge is 0.469 e. The van der Waals surface area contributed by atoms with Gasteiger partial charge in [-0.2, -0.15) is 4.98 Å². The quantitative estimate of drug-likeness (QED) is 0.661. The zero-order valence-corrected chi connectivity index (χ0v) is 18.1. The van der Waals surface area contributed by atoms with Crippen molar-refractivity contribution >= 4 is 34.8 Å². The molecule has 0 amide bonds. The highest BCUT2D eigenvalue weighted by Gasteiger charge is 2.33. The van der Waals surface area contributed by atoms with E-state index in [1.165, 1.54) is 0 Å². The Morgan fingerprint density at radius 3 is 2.58 bits per heavy atom. The van der Waals surface area contributed by atoms with Crippen LogP contribution in [0, 0.1) is 0 Å². The van der Waals surface area contributed by atoms with E-state index in [0.29, 0.717) is 30.2 Å². The van der Waals surface area contributed by atoms with Crippen molar-refractivity contribution in [2.75, 3.05) is 48.3 Å². The molecule has 1 aromatic carbocycles. The van der Waals surface area contributed by atoms with Gasteiger partial charge in [0.05, 0.1) is 17.5 Å². The van der Waals surface area contributed by atoms with Crippen molar-refractivity contribution in [3.8, 4) is 0 Å². The van der Waals surface area contributed by atoms with E-state index in [1.807, 2.05) is 30.3 Å². The summed E-state index contributed by atoms with van der Waals surface area (Å²) >= 11 is 6.15. The molecule has 160 valence electrons. The molecule has 0 saturated carbocycles. The van der Waals surface area contributed by atoms with Gasteiger partial charge in [0.1, 0.15) is 11.6 Å². The van der Waals surface area contributed by atoms with Crippen LogP contribution in [0.2, 0.25) is 5.02 Å². The lowest BCUT2D eigenvalue weighted by Gasteiger charge is -2.36. The highest BCUT2D eigenvalue weighted by Crippen LogP contribution is 2.35. The molecule has 1 aliphatic carbocycles. The molecule has 1 fully saturated rings. The van der Waals surface area contributed by atoms with Gasteiger partial charge in [-0.1, -0.05) is 17.7 Å². The van der Waals surface area contributed by atoms with Crippen LogP contribution in [0.5, 0.6) is 0 Å². The number of Topliss-reactive ketones (excluding diaryl/α,β-unsaturated/α-hetero) is 1. The predicted octanol–water partition coefficient (Wildman–Crippen LogP) is 4.00. The second-order valence-corrected chi connectivity index (χ2v) is 8.38. The minimum atomic E-state index is 0.0159. The molecule has 3 aromatic rings. The summed E-state index contributed by atoms with van der Waals surface area (Å²) in [4.78, 5) is 26.9. The number of carbonyl (C=O) groups is 1. The maximum absolute atomic E-state index is 12.9. The van der Waals surface area contributed by atoms with Gasteiger partial charge in [0.15, 0.2) is 5.78 Å². The van der Waals surface area contributed by atoms with Gasteiger partial charge in [-0.15, -0.1) is 0 Å². The van der Waals surface area contributed by atoms with Crippen molar-refractivity contribution in [2.24, 2.45) is 0 Å². The van der Waals surface area contributed by atoms with E-state index < -0.39 is 0 Å². The molecule has 1 saturated heterocycles. The van der Waals surface area contributed by atoms with Crippen LogP contribution in [-0.4, -0.2) is 49.0 Å². The van der Waals surface area contributed by atoms with Crippen molar-refractivity contribution < 1.29 is 9.21 Å². The van der Waals surface area contributed by atoms with Gasteiger partial charge >= 0.3 is 0 Å². The third-order valence-electron chi connectivity index (χ3n) is 6.04. The first-order valence-corrected chi connectivity index (χ1v) is 10.9. The number of rotatable bonds is 4. The zero-order chi connectivity index (χ0) is 21.4. The minimum Gasteiger partial charge on any atom is -0.469 e. The van der Waals surface area contributed by atoms with E-state index in [0.717, 1.165) is 48.3 Å². The van der Waals surface area contributed by atoms with Crippen LogP contribution in [0.15, 0.2) is 47.1 Å². The number of nitrogens with one attached hydrogen (secondary N) is 1. The Hall–Kier alpha value is -3.06. The number of anilines is 3. The molecule has 1 aliphatic heterocycles. The number of aromatic nitrogens is 2. The van der Waals surface area contributed by atoms with Gasteiger partial charge in [-0.25, -0.2) is 4.98 Å². The van der Waals surface area contributed by atoms with Crippen LogP contribution in [0.1, 0.15) is 34.2 Å². The molecule has 1 atom stereocenters. The van der Waals surface area contributed by atoms with Gasteiger partial charge in [-0.3, -0.25) is 4.79 Å². The van der Waals surface area contributed by atoms with E-state index in [4.69, 9.17) is 26.0 Å². The number of piperazine rings is 1. The van der Waals surface area contributed by atoms with Gasteiger partial charge in [0.25, 0.3) is 0 Å². The number of hydrogen-bond donors (Lipinski definition) is 1. The van der Waals surface area contributed by atoms with Crippen LogP contribution in [-0.2, 0) is 6.42 Å². The molecule has 0 bridgehead atoms. The fraction of sp³-hybridized carbons (Fsp3) is 0.348. The first kappa shape index (κ1) is 19.9. The standard InChI is InChI=1S/C23H24ClN5O2/c1-25-22-21-18(12-15(13-19(21)30)20-6-3-11-31-20)26-23(27-22)29-9-7-28(8-10-29)17-5-2-4-16(24)14-17/h2-6,11,14-15H,7-10,12-13H2,1H3,(H,25,26,27). The molecule has 0 radical (unpaired) electrons. The summed E-state index contributed by atoms with van der Waals surface area (Å²) < 4.78 is 5.57. The Morgan fingerprint density at radius 1 is 1.06 bits per heavy atom. The van der Waals surface area contributed by atoms with E-state index in [-0.39, 0.29) is 11.7 Å². The second-order valence-electron chi connectivity index (χ2n) is 7.94. The van der Waals surface area contributed by atoms with Crippen LogP contribution >= 0.6 is 11.6 Å². The predicted molar refractivity (Wildman–Crippen MR) is 122 cm³/mol. The summed E-state index contributed by atoms with van der Waals surface area (Å²) in [6, 6.07) is 11.7. The van der Waals surface area contributed by atoms with Crippen molar-refractivity contribution in [1.82, 2.24) is 9.97 Å². The lowest BCUT2D eigenvalue weighted by Crippen LogP contribution is -2.47. The van der Waals surface area contributed by atoms with Crippen LogP contribution in [0.4, 0.5) is 17.5 Å². The average molecular weight is 438 g/mol. The Morgan fingerprint density at radius 2 is 1.87 bits per heavy atom. The minimum absolute atomic E-state index is 0.0159. The lowest BCUT2D eigenvalue weighted by molar-refractivity contribution is 0.0959. The molecule has 31 heavy (non-hydrogen) atoms. The fourth-order valence-electron chi connectivity index (χ4n) is 4.45. The molecule has 1 N–H and O–H groups in total. The molecular weight excluding hydrogens is 414 g/mol. The summed E-state index contributed by atoms with van der Waals surface area (Å²) in [5.41, 5.74) is 2.54. The molecule has 2 aromatic heterocycles. The summed E-state index contributed by atoms with van der Waals surface area (Å²) in [5.74, 6) is 2.19. The van der Waals surface area contributed by atoms with E-state index in [1.54, 1.807) is 13.3 Å². The average Bonchev–Trinajstić information content (AvgIpc) is 3.33. The molecule has 3 heterocycles. The monoisotopic (exact) mass is 437 g/mol. The van der Waals surface area contributed by atoms with Crippen molar-refractivity contribution in [3.63, 3.8) is 0 Å². The number of benzene rings is 1. The smallest absolute Gasteiger partial charge is 0.227 e. The fourth-order valence-corrected chi connectivity index (χ4v) is 4.64. The number of hydrogen-bond acceptors (Lipinski definition) is 7. The molecule has 1 unspecified atom stereocenters. The third kappa shape index (κ3) is 3.85. The maximum Gasteiger partial charge on any atom is 0.227 e. The molecule has 2 aliphatic rings. The number of nitrogens with zero attached hydrogens (tertiary/aromatic N) is 4. The summed E-state index contributed by atoms with van der Waals surface area (Å²) in [6.45, 7) is 3.29. The van der Waals surface area contributed by atoms with Crippen molar-refractivity contribution in [1.29, 1.82) is 0 Å². The van der Waals surface area contributed by atoms with Crippen LogP contribution in [0.25, 0.3) is 0 Å². The topological polar surface area (TPSA) is 74.5 Å². The molecule has 5 rings (SSSR count). The van der Waals surface area contributed by atoms with Gasteiger partial charge in [-0.05, 0) is 30.3 Å². The number of furan rings is 1. The van der Waals surface area contributed by atoms with Gasteiger partial charge < -0.3 is 19.5 Å².